The summed E-state index contributed by atoms with van der Waals surface area (Å²) in [7, 11) is 0. The number of rotatable bonds is 9. The van der Waals surface area contributed by atoms with E-state index < -0.39 is 0 Å². The standard InChI is InChI=1S/C53H40S8/c1-5-31-24-51(54-27-31)50-23-19-43(61-50)39-26-38(42-18-22-49(60-42)46-15-8-30(4)57-46)34-10-9-32-36(40-16-20-47(58-40)44-13-6-28(2)55-44)25-37(33-11-12-35(39)53(34)52(32)33)41-17-21-48(59-41)45-14-7-29(3)56-45/h6-26,31,52-53H,5,27H2,1-4H3. The van der Waals surface area contributed by atoms with Gasteiger partial charge in [-0.3, -0.25) is 0 Å². The second-order valence-electron chi connectivity index (χ2n) is 16.3. The molecule has 3 unspecified atom stereocenters. The van der Waals surface area contributed by atoms with Crippen molar-refractivity contribution in [3.05, 3.63) is 189 Å². The fourth-order valence-electron chi connectivity index (χ4n) is 9.39. The maximum absolute atomic E-state index is 2.55. The molecule has 61 heavy (non-hydrogen) atoms. The van der Waals surface area contributed by atoms with Gasteiger partial charge in [-0.1, -0.05) is 37.3 Å². The van der Waals surface area contributed by atoms with Crippen molar-refractivity contribution in [2.24, 2.45) is 17.8 Å². The Kier molecular flexibility index (Phi) is 9.84. The summed E-state index contributed by atoms with van der Waals surface area (Å²) < 4.78 is 0. The number of aryl methyl sites for hydroxylation is 3. The Morgan fingerprint density at radius 3 is 1.25 bits per heavy atom. The maximum atomic E-state index is 2.55. The zero-order valence-corrected chi connectivity index (χ0v) is 40.6. The lowest BCUT2D eigenvalue weighted by Gasteiger charge is -2.44. The second kappa shape index (κ2) is 15.5. The highest BCUT2D eigenvalue weighted by Gasteiger charge is 2.45. The van der Waals surface area contributed by atoms with E-state index in [0.29, 0.717) is 5.92 Å². The molecule has 7 aromatic rings. The van der Waals surface area contributed by atoms with Crippen molar-refractivity contribution >= 4 is 118 Å². The molecule has 0 nitrogen and oxygen atoms in total. The van der Waals surface area contributed by atoms with E-state index in [-0.39, 0.29) is 11.8 Å². The molecule has 4 aliphatic carbocycles. The summed E-state index contributed by atoms with van der Waals surface area (Å²) in [6.07, 6.45) is 18.8. The first-order valence-electron chi connectivity index (χ1n) is 20.8. The van der Waals surface area contributed by atoms with Crippen LogP contribution in [0.25, 0.3) is 56.5 Å². The first kappa shape index (κ1) is 38.8. The van der Waals surface area contributed by atoms with Crippen LogP contribution in [0.15, 0.2) is 150 Å². The van der Waals surface area contributed by atoms with Crippen molar-refractivity contribution in [3.63, 3.8) is 0 Å². The molecule has 0 amide bonds. The minimum absolute atomic E-state index is 0.204. The number of thiophene rings is 7. The van der Waals surface area contributed by atoms with Crippen LogP contribution < -0.4 is 0 Å². The van der Waals surface area contributed by atoms with Gasteiger partial charge in [0.25, 0.3) is 0 Å². The van der Waals surface area contributed by atoms with Crippen LogP contribution in [-0.2, 0) is 0 Å². The van der Waals surface area contributed by atoms with Gasteiger partial charge in [-0.15, -0.1) is 91.1 Å². The lowest BCUT2D eigenvalue weighted by molar-refractivity contribution is 0.575. The Hall–Kier alpha value is -3.83. The van der Waals surface area contributed by atoms with Crippen LogP contribution >= 0.6 is 91.1 Å². The van der Waals surface area contributed by atoms with Crippen LogP contribution in [-0.4, -0.2) is 5.75 Å². The van der Waals surface area contributed by atoms with Crippen molar-refractivity contribution < 1.29 is 0 Å². The van der Waals surface area contributed by atoms with E-state index in [4.69, 9.17) is 0 Å². The third-order valence-electron chi connectivity index (χ3n) is 12.4. The van der Waals surface area contributed by atoms with Gasteiger partial charge in [0.05, 0.1) is 0 Å². The summed E-state index contributed by atoms with van der Waals surface area (Å²) in [4.78, 5) is 20.5. The SMILES string of the molecule is CCC1C=C(c2ccc(C3=CC(c4ccc(-c5ccc(C)s5)s4)=C4C=CC5=C(c6ccc(-c7ccc(C)s7)s6)C=C(c6ccc(-c7ccc(C)s7)s6)C6=CC=C3C4C65)s2)SC1. The highest BCUT2D eigenvalue weighted by Crippen LogP contribution is 2.60. The maximum Gasteiger partial charge on any atom is 0.0449 e. The van der Waals surface area contributed by atoms with Crippen molar-refractivity contribution in [1.29, 1.82) is 0 Å². The van der Waals surface area contributed by atoms with E-state index >= 15 is 0 Å². The molecular weight excluding hydrogens is 893 g/mol. The summed E-state index contributed by atoms with van der Waals surface area (Å²) in [5, 5.41) is 0. The van der Waals surface area contributed by atoms with Gasteiger partial charge < -0.3 is 0 Å². The lowest BCUT2D eigenvalue weighted by Crippen LogP contribution is -2.32. The first-order valence-corrected chi connectivity index (χ1v) is 27.5. The van der Waals surface area contributed by atoms with Crippen molar-refractivity contribution in [3.8, 4) is 29.3 Å². The monoisotopic (exact) mass is 932 g/mol. The average molecular weight is 933 g/mol. The smallest absolute Gasteiger partial charge is 0.0449 e. The summed E-state index contributed by atoms with van der Waals surface area (Å²) in [6.45, 7) is 8.95. The Bertz CT molecular complexity index is 3180. The molecular formula is C53H40S8. The lowest BCUT2D eigenvalue weighted by atomic mass is 9.59. The van der Waals surface area contributed by atoms with Crippen LogP contribution in [0, 0.1) is 38.5 Å². The fraction of sp³-hybridized carbons (Fsp3) is 0.170. The molecule has 1 aliphatic heterocycles. The molecule has 8 heteroatoms. The molecule has 12 rings (SSSR count). The number of thioether (sulfide) groups is 1. The second-order valence-corrected chi connectivity index (χ2v) is 25.5. The van der Waals surface area contributed by atoms with Gasteiger partial charge in [-0.2, -0.15) is 0 Å². The molecule has 0 bridgehead atoms. The third kappa shape index (κ3) is 6.76. The Morgan fingerprint density at radius 1 is 0.443 bits per heavy atom. The Balaban J connectivity index is 1.05. The summed E-state index contributed by atoms with van der Waals surface area (Å²) in [5.41, 5.74) is 11.3. The molecule has 5 aliphatic rings. The molecule has 0 spiro atoms. The zero-order valence-electron chi connectivity index (χ0n) is 34.0. The molecule has 0 saturated heterocycles. The molecule has 8 heterocycles. The molecule has 300 valence electrons. The normalized spacial score (nSPS) is 20.5. The van der Waals surface area contributed by atoms with Gasteiger partial charge in [0, 0.05) is 90.8 Å². The van der Waals surface area contributed by atoms with E-state index in [9.17, 15) is 0 Å². The van der Waals surface area contributed by atoms with E-state index in [0.717, 1.165) is 0 Å². The molecule has 0 saturated carbocycles. The highest BCUT2D eigenvalue weighted by molar-refractivity contribution is 8.08. The quantitative estimate of drug-likeness (QED) is 0.139. The van der Waals surface area contributed by atoms with Gasteiger partial charge in [-0.05, 0) is 175 Å². The van der Waals surface area contributed by atoms with Crippen LogP contribution in [0.2, 0.25) is 0 Å². The fourth-order valence-corrected chi connectivity index (χ4v) is 17.9. The summed E-state index contributed by atoms with van der Waals surface area (Å²) in [6, 6.07) is 32.6. The number of hydrogen-bond acceptors (Lipinski definition) is 8. The average Bonchev–Trinajstić information content (AvgIpc) is 4.12. The van der Waals surface area contributed by atoms with Gasteiger partial charge in [-0.25, -0.2) is 0 Å². The minimum Gasteiger partial charge on any atom is -0.140 e. The van der Waals surface area contributed by atoms with Gasteiger partial charge in [0.1, 0.15) is 0 Å². The molecule has 0 radical (unpaired) electrons. The topological polar surface area (TPSA) is 0 Å². The number of hydrogen-bond donors (Lipinski definition) is 0. The summed E-state index contributed by atoms with van der Waals surface area (Å²) in [5.74, 6) is 2.28. The predicted molar refractivity (Wildman–Crippen MR) is 278 cm³/mol. The van der Waals surface area contributed by atoms with Gasteiger partial charge >= 0.3 is 0 Å². The number of allylic oxidation sites excluding steroid dienone is 15. The molecule has 0 fully saturated rings. The van der Waals surface area contributed by atoms with E-state index in [1.807, 2.05) is 91.1 Å². The van der Waals surface area contributed by atoms with Crippen molar-refractivity contribution in [2.75, 3.05) is 5.75 Å². The van der Waals surface area contributed by atoms with E-state index in [1.165, 1.54) is 130 Å². The third-order valence-corrected chi connectivity index (χ3v) is 21.9. The molecule has 3 atom stereocenters. The van der Waals surface area contributed by atoms with Crippen LogP contribution in [0.5, 0.6) is 0 Å². The van der Waals surface area contributed by atoms with Crippen LogP contribution in [0.4, 0.5) is 0 Å². The Morgan fingerprint density at radius 2 is 0.820 bits per heavy atom. The largest absolute Gasteiger partial charge is 0.140 e. The Labute approximate surface area is 390 Å². The van der Waals surface area contributed by atoms with E-state index in [2.05, 4.69) is 155 Å². The van der Waals surface area contributed by atoms with Gasteiger partial charge in [0.2, 0.25) is 0 Å². The van der Waals surface area contributed by atoms with Crippen molar-refractivity contribution in [2.45, 2.75) is 34.1 Å². The van der Waals surface area contributed by atoms with E-state index in [1.54, 1.807) is 0 Å². The molecule has 0 aromatic carbocycles. The molecule has 7 aromatic heterocycles. The van der Waals surface area contributed by atoms with Crippen molar-refractivity contribution in [1.82, 2.24) is 0 Å². The highest BCUT2D eigenvalue weighted by atomic mass is 32.2. The summed E-state index contributed by atoms with van der Waals surface area (Å²) >= 11 is 15.5. The first-order chi connectivity index (χ1) is 29.8. The predicted octanol–water partition coefficient (Wildman–Crippen LogP) is 18.2. The zero-order chi connectivity index (χ0) is 40.9. The van der Waals surface area contributed by atoms with Crippen LogP contribution in [0.3, 0.4) is 0 Å². The molecule has 0 N–H and O–H groups in total. The van der Waals surface area contributed by atoms with Crippen LogP contribution in [0.1, 0.15) is 52.4 Å². The van der Waals surface area contributed by atoms with Gasteiger partial charge in [0.15, 0.2) is 0 Å². The minimum atomic E-state index is 0.204.